The van der Waals surface area contributed by atoms with E-state index in [2.05, 4.69) is 6.92 Å². The molecule has 0 aromatic carbocycles. The number of aldehydes is 1. The van der Waals surface area contributed by atoms with Gasteiger partial charge in [0.15, 0.2) is 0 Å². The van der Waals surface area contributed by atoms with Gasteiger partial charge in [-0.25, -0.2) is 0 Å². The highest BCUT2D eigenvalue weighted by Crippen LogP contribution is 2.27. The van der Waals surface area contributed by atoms with Crippen LogP contribution >= 0.6 is 0 Å². The smallest absolute Gasteiger partial charge is 0.125 e. The van der Waals surface area contributed by atoms with Gasteiger partial charge in [0, 0.05) is 5.92 Å². The maximum absolute atomic E-state index is 10.3. The van der Waals surface area contributed by atoms with E-state index in [-0.39, 0.29) is 12.0 Å². The van der Waals surface area contributed by atoms with Crippen LogP contribution in [0, 0.1) is 11.8 Å². The quantitative estimate of drug-likeness (QED) is 0.554. The predicted molar refractivity (Wildman–Crippen MR) is 38.6 cm³/mol. The van der Waals surface area contributed by atoms with E-state index in [1.165, 1.54) is 0 Å². The molecule has 1 rings (SSSR count). The topological polar surface area (TPSA) is 37.3 Å². The summed E-state index contributed by atoms with van der Waals surface area (Å²) in [7, 11) is 0. The van der Waals surface area contributed by atoms with Crippen LogP contribution in [0.4, 0.5) is 0 Å². The Morgan fingerprint density at radius 1 is 1.50 bits per heavy atom. The summed E-state index contributed by atoms with van der Waals surface area (Å²) in [4.78, 5) is 10.3. The minimum atomic E-state index is -0.374. The third kappa shape index (κ3) is 1.57. The maximum atomic E-state index is 10.3. The molecular weight excluding hydrogens is 128 g/mol. The molecule has 0 spiro atoms. The molecule has 2 heteroatoms. The lowest BCUT2D eigenvalue weighted by atomic mass is 9.81. The lowest BCUT2D eigenvalue weighted by Gasteiger charge is -2.27. The Morgan fingerprint density at radius 3 is 2.70 bits per heavy atom. The maximum Gasteiger partial charge on any atom is 0.125 e. The van der Waals surface area contributed by atoms with E-state index < -0.39 is 0 Å². The van der Waals surface area contributed by atoms with E-state index in [0.717, 1.165) is 25.5 Å². The normalized spacial score (nSPS) is 41.2. The van der Waals surface area contributed by atoms with Crippen molar-refractivity contribution >= 4 is 6.29 Å². The van der Waals surface area contributed by atoms with Crippen LogP contribution in [0.2, 0.25) is 0 Å². The highest BCUT2D eigenvalue weighted by molar-refractivity contribution is 5.54. The molecular formula is C8H14O2. The largest absolute Gasteiger partial charge is 0.392 e. The Hall–Kier alpha value is -0.370. The van der Waals surface area contributed by atoms with Crippen LogP contribution in [-0.4, -0.2) is 17.5 Å². The fraction of sp³-hybridized carbons (Fsp3) is 0.875. The monoisotopic (exact) mass is 142 g/mol. The zero-order valence-electron chi connectivity index (χ0n) is 6.29. The zero-order chi connectivity index (χ0) is 7.56. The molecule has 1 N–H and O–H groups in total. The van der Waals surface area contributed by atoms with Crippen LogP contribution in [0.15, 0.2) is 0 Å². The third-order valence-corrected chi connectivity index (χ3v) is 2.31. The van der Waals surface area contributed by atoms with E-state index in [1.54, 1.807) is 0 Å². The molecule has 0 aromatic rings. The predicted octanol–water partition coefficient (Wildman–Crippen LogP) is 0.982. The molecule has 0 bridgehead atoms. The molecule has 0 aromatic heterocycles. The number of carbonyl (C=O) groups excluding carboxylic acids is 1. The Morgan fingerprint density at radius 2 is 2.20 bits per heavy atom. The summed E-state index contributed by atoms with van der Waals surface area (Å²) in [5, 5.41) is 9.31. The second-order valence-corrected chi connectivity index (χ2v) is 3.29. The summed E-state index contributed by atoms with van der Waals surface area (Å²) in [5.74, 6) is 0.502. The van der Waals surface area contributed by atoms with E-state index in [9.17, 15) is 9.90 Å². The molecule has 0 saturated heterocycles. The zero-order valence-corrected chi connectivity index (χ0v) is 6.29. The van der Waals surface area contributed by atoms with Crippen LogP contribution in [0.25, 0.3) is 0 Å². The average Bonchev–Trinajstić information content (AvgIpc) is 1.88. The van der Waals surface area contributed by atoms with Gasteiger partial charge >= 0.3 is 0 Å². The molecule has 0 amide bonds. The van der Waals surface area contributed by atoms with Gasteiger partial charge in [-0.1, -0.05) is 6.92 Å². The van der Waals surface area contributed by atoms with Crippen molar-refractivity contribution in [1.29, 1.82) is 0 Å². The van der Waals surface area contributed by atoms with Crippen LogP contribution < -0.4 is 0 Å². The van der Waals surface area contributed by atoms with Crippen molar-refractivity contribution < 1.29 is 9.90 Å². The SMILES string of the molecule is CC1CCC(C=O)C(O)C1. The molecule has 1 saturated carbocycles. The van der Waals surface area contributed by atoms with Gasteiger partial charge in [0.05, 0.1) is 6.10 Å². The van der Waals surface area contributed by atoms with Gasteiger partial charge in [-0.3, -0.25) is 0 Å². The lowest BCUT2D eigenvalue weighted by molar-refractivity contribution is -0.116. The van der Waals surface area contributed by atoms with Crippen molar-refractivity contribution in [3.8, 4) is 0 Å². The van der Waals surface area contributed by atoms with Crippen molar-refractivity contribution in [1.82, 2.24) is 0 Å². The molecule has 1 aliphatic rings. The lowest BCUT2D eigenvalue weighted by Crippen LogP contribution is -2.29. The van der Waals surface area contributed by atoms with Crippen LogP contribution in [0.1, 0.15) is 26.2 Å². The van der Waals surface area contributed by atoms with Crippen molar-refractivity contribution in [3.05, 3.63) is 0 Å². The van der Waals surface area contributed by atoms with Gasteiger partial charge in [-0.05, 0) is 25.2 Å². The number of hydrogen-bond acceptors (Lipinski definition) is 2. The molecule has 0 heterocycles. The van der Waals surface area contributed by atoms with Crippen molar-refractivity contribution in [2.75, 3.05) is 0 Å². The molecule has 0 radical (unpaired) electrons. The van der Waals surface area contributed by atoms with E-state index in [0.29, 0.717) is 5.92 Å². The summed E-state index contributed by atoms with van der Waals surface area (Å²) >= 11 is 0. The fourth-order valence-electron chi connectivity index (χ4n) is 1.53. The van der Waals surface area contributed by atoms with E-state index in [4.69, 9.17) is 0 Å². The highest BCUT2D eigenvalue weighted by Gasteiger charge is 2.25. The minimum absolute atomic E-state index is 0.0869. The number of carbonyl (C=O) groups is 1. The number of hydrogen-bond donors (Lipinski definition) is 1. The van der Waals surface area contributed by atoms with Gasteiger partial charge in [-0.15, -0.1) is 0 Å². The van der Waals surface area contributed by atoms with Crippen molar-refractivity contribution in [2.45, 2.75) is 32.3 Å². The first-order valence-corrected chi connectivity index (χ1v) is 3.87. The second kappa shape index (κ2) is 3.15. The minimum Gasteiger partial charge on any atom is -0.392 e. The van der Waals surface area contributed by atoms with Crippen LogP contribution in [0.5, 0.6) is 0 Å². The number of aliphatic hydroxyl groups is 1. The number of rotatable bonds is 1. The van der Waals surface area contributed by atoms with Crippen molar-refractivity contribution in [2.24, 2.45) is 11.8 Å². The fourth-order valence-corrected chi connectivity index (χ4v) is 1.53. The molecule has 3 unspecified atom stereocenters. The standard InChI is InChI=1S/C8H14O2/c1-6-2-3-7(5-9)8(10)4-6/h5-8,10H,2-4H2,1H3. The van der Waals surface area contributed by atoms with Crippen LogP contribution in [0.3, 0.4) is 0 Å². The average molecular weight is 142 g/mol. The molecule has 1 aliphatic carbocycles. The molecule has 2 nitrogen and oxygen atoms in total. The highest BCUT2D eigenvalue weighted by atomic mass is 16.3. The molecule has 0 aliphatic heterocycles. The van der Waals surface area contributed by atoms with Gasteiger partial charge in [0.25, 0.3) is 0 Å². The Kier molecular flexibility index (Phi) is 2.44. The first-order valence-electron chi connectivity index (χ1n) is 3.87. The summed E-state index contributed by atoms with van der Waals surface area (Å²) < 4.78 is 0. The van der Waals surface area contributed by atoms with Gasteiger partial charge < -0.3 is 9.90 Å². The van der Waals surface area contributed by atoms with Gasteiger partial charge in [0.2, 0.25) is 0 Å². The Balaban J connectivity index is 2.43. The molecule has 58 valence electrons. The second-order valence-electron chi connectivity index (χ2n) is 3.29. The van der Waals surface area contributed by atoms with Gasteiger partial charge in [0.1, 0.15) is 6.29 Å². The van der Waals surface area contributed by atoms with Crippen LogP contribution in [-0.2, 0) is 4.79 Å². The molecule has 3 atom stereocenters. The Labute approximate surface area is 61.2 Å². The van der Waals surface area contributed by atoms with Crippen molar-refractivity contribution in [3.63, 3.8) is 0 Å². The summed E-state index contributed by atoms with van der Waals surface area (Å²) in [6.45, 7) is 2.12. The van der Waals surface area contributed by atoms with E-state index >= 15 is 0 Å². The number of aliphatic hydroxyl groups excluding tert-OH is 1. The van der Waals surface area contributed by atoms with Gasteiger partial charge in [-0.2, -0.15) is 0 Å². The first-order chi connectivity index (χ1) is 4.74. The summed E-state index contributed by atoms with van der Waals surface area (Å²) in [6.07, 6.45) is 3.26. The molecule has 1 fully saturated rings. The Bertz CT molecular complexity index is 122. The molecule has 10 heavy (non-hydrogen) atoms. The summed E-state index contributed by atoms with van der Waals surface area (Å²) in [5.41, 5.74) is 0. The van der Waals surface area contributed by atoms with E-state index in [1.807, 2.05) is 0 Å². The summed E-state index contributed by atoms with van der Waals surface area (Å²) in [6, 6.07) is 0. The third-order valence-electron chi connectivity index (χ3n) is 2.31. The first kappa shape index (κ1) is 7.73.